The molecular weight excluding hydrogens is 282 g/mol. The van der Waals surface area contributed by atoms with E-state index in [1.54, 1.807) is 0 Å². The minimum atomic E-state index is 0.0267. The summed E-state index contributed by atoms with van der Waals surface area (Å²) < 4.78 is 8.32. The van der Waals surface area contributed by atoms with Crippen LogP contribution >= 0.6 is 15.9 Å². The van der Waals surface area contributed by atoms with Crippen molar-refractivity contribution in [1.29, 1.82) is 0 Å². The fourth-order valence-electron chi connectivity index (χ4n) is 1.82. The normalized spacial score (nSPS) is 12.9. The van der Waals surface area contributed by atoms with E-state index < -0.39 is 0 Å². The van der Waals surface area contributed by atoms with Gasteiger partial charge in [0.05, 0.1) is 16.4 Å². The minimum absolute atomic E-state index is 0.0267. The predicted octanol–water partition coefficient (Wildman–Crippen LogP) is 2.87. The lowest BCUT2D eigenvalue weighted by atomic mass is 10.1. The average molecular weight is 304 g/mol. The lowest BCUT2D eigenvalue weighted by molar-refractivity contribution is 0.141. The largest absolute Gasteiger partial charge is 0.382 e. The first-order valence-electron chi connectivity index (χ1n) is 6.25. The Hall–Kier alpha value is -0.390. The zero-order valence-corrected chi connectivity index (χ0v) is 12.2. The predicted molar refractivity (Wildman–Crippen MR) is 72.9 cm³/mol. The summed E-state index contributed by atoms with van der Waals surface area (Å²) >= 11 is 3.52. The van der Waals surface area contributed by atoms with Gasteiger partial charge in [-0.1, -0.05) is 6.92 Å². The van der Waals surface area contributed by atoms with Crippen molar-refractivity contribution in [1.82, 2.24) is 9.78 Å². The van der Waals surface area contributed by atoms with E-state index in [0.29, 0.717) is 0 Å². The zero-order chi connectivity index (χ0) is 12.7. The monoisotopic (exact) mass is 303 g/mol. The maximum absolute atomic E-state index is 6.21. The number of hydrogen-bond donors (Lipinski definition) is 1. The summed E-state index contributed by atoms with van der Waals surface area (Å²) in [7, 11) is 0. The molecule has 0 spiro atoms. The molecule has 0 saturated carbocycles. The third-order valence-corrected chi connectivity index (χ3v) is 3.24. The molecule has 17 heavy (non-hydrogen) atoms. The molecule has 0 bridgehead atoms. The highest BCUT2D eigenvalue weighted by atomic mass is 79.9. The molecule has 1 heterocycles. The van der Waals surface area contributed by atoms with Crippen LogP contribution in [0.3, 0.4) is 0 Å². The van der Waals surface area contributed by atoms with Gasteiger partial charge in [0.2, 0.25) is 0 Å². The highest BCUT2D eigenvalue weighted by Crippen LogP contribution is 2.24. The molecule has 2 N–H and O–H groups in total. The zero-order valence-electron chi connectivity index (χ0n) is 10.7. The third kappa shape index (κ3) is 4.41. The van der Waals surface area contributed by atoms with E-state index in [9.17, 15) is 0 Å². The van der Waals surface area contributed by atoms with Crippen LogP contribution < -0.4 is 5.73 Å². The number of rotatable bonds is 8. The summed E-state index contributed by atoms with van der Waals surface area (Å²) in [5.41, 5.74) is 7.31. The second-order valence-electron chi connectivity index (χ2n) is 4.05. The Morgan fingerprint density at radius 1 is 1.53 bits per heavy atom. The molecule has 1 unspecified atom stereocenters. The first-order chi connectivity index (χ1) is 8.20. The van der Waals surface area contributed by atoms with Crippen molar-refractivity contribution in [2.75, 3.05) is 13.2 Å². The molecule has 1 atom stereocenters. The molecule has 0 aliphatic heterocycles. The van der Waals surface area contributed by atoms with Crippen LogP contribution in [0.5, 0.6) is 0 Å². The molecule has 0 saturated heterocycles. The van der Waals surface area contributed by atoms with Crippen molar-refractivity contribution in [2.24, 2.45) is 5.73 Å². The highest BCUT2D eigenvalue weighted by molar-refractivity contribution is 9.10. The number of aromatic nitrogens is 2. The Labute approximate surface area is 112 Å². The standard InChI is InChI=1S/C12H22BrN3O/c1-3-7-16-12(10(13)9-15-16)11(14)6-5-8-17-4-2/h9,11H,3-8,14H2,1-2H3. The first kappa shape index (κ1) is 14.7. The molecule has 1 aromatic rings. The van der Waals surface area contributed by atoms with Gasteiger partial charge in [-0.2, -0.15) is 5.10 Å². The van der Waals surface area contributed by atoms with Crippen LogP contribution in [-0.4, -0.2) is 23.0 Å². The van der Waals surface area contributed by atoms with Gasteiger partial charge >= 0.3 is 0 Å². The van der Waals surface area contributed by atoms with Crippen LogP contribution in [0.25, 0.3) is 0 Å². The van der Waals surface area contributed by atoms with Gasteiger partial charge in [0, 0.05) is 25.8 Å². The van der Waals surface area contributed by atoms with Crippen molar-refractivity contribution in [3.63, 3.8) is 0 Å². The van der Waals surface area contributed by atoms with Crippen molar-refractivity contribution in [3.05, 3.63) is 16.4 Å². The number of nitrogens with zero attached hydrogens (tertiary/aromatic N) is 2. The number of nitrogens with two attached hydrogens (primary N) is 1. The second kappa shape index (κ2) is 7.84. The summed E-state index contributed by atoms with van der Waals surface area (Å²) in [6.07, 6.45) is 4.80. The second-order valence-corrected chi connectivity index (χ2v) is 4.90. The molecule has 1 aromatic heterocycles. The number of aryl methyl sites for hydroxylation is 1. The molecule has 98 valence electrons. The van der Waals surface area contributed by atoms with Crippen LogP contribution in [0.2, 0.25) is 0 Å². The van der Waals surface area contributed by atoms with Gasteiger partial charge in [-0.15, -0.1) is 0 Å². The summed E-state index contributed by atoms with van der Waals surface area (Å²) in [5, 5.41) is 4.33. The van der Waals surface area contributed by atoms with Gasteiger partial charge in [-0.3, -0.25) is 4.68 Å². The Morgan fingerprint density at radius 2 is 2.29 bits per heavy atom. The van der Waals surface area contributed by atoms with Crippen LogP contribution in [0, 0.1) is 0 Å². The lowest BCUT2D eigenvalue weighted by Gasteiger charge is -2.14. The maximum atomic E-state index is 6.21. The average Bonchev–Trinajstić information content (AvgIpc) is 2.66. The summed E-state index contributed by atoms with van der Waals surface area (Å²) in [6.45, 7) is 6.61. The number of ether oxygens (including phenoxy) is 1. The van der Waals surface area contributed by atoms with E-state index in [1.165, 1.54) is 0 Å². The van der Waals surface area contributed by atoms with Crippen LogP contribution in [-0.2, 0) is 11.3 Å². The molecule has 0 aliphatic rings. The van der Waals surface area contributed by atoms with Gasteiger partial charge in [0.15, 0.2) is 0 Å². The van der Waals surface area contributed by atoms with E-state index in [4.69, 9.17) is 10.5 Å². The number of hydrogen-bond acceptors (Lipinski definition) is 3. The van der Waals surface area contributed by atoms with Crippen molar-refractivity contribution < 1.29 is 4.74 Å². The van der Waals surface area contributed by atoms with E-state index in [0.717, 1.165) is 49.2 Å². The molecule has 1 rings (SSSR count). The van der Waals surface area contributed by atoms with E-state index >= 15 is 0 Å². The van der Waals surface area contributed by atoms with Crippen LogP contribution in [0.15, 0.2) is 10.7 Å². The molecule has 0 aliphatic carbocycles. The molecular formula is C12H22BrN3O. The van der Waals surface area contributed by atoms with Crippen LogP contribution in [0.4, 0.5) is 0 Å². The van der Waals surface area contributed by atoms with Gasteiger partial charge < -0.3 is 10.5 Å². The smallest absolute Gasteiger partial charge is 0.0693 e. The van der Waals surface area contributed by atoms with Gasteiger partial charge in [-0.25, -0.2) is 0 Å². The SMILES string of the molecule is CCCn1ncc(Br)c1C(N)CCCOCC. The Balaban J connectivity index is 2.54. The highest BCUT2D eigenvalue weighted by Gasteiger charge is 2.15. The Kier molecular flexibility index (Phi) is 6.77. The molecule has 0 fully saturated rings. The topological polar surface area (TPSA) is 53.1 Å². The molecule has 4 nitrogen and oxygen atoms in total. The van der Waals surface area contributed by atoms with Crippen molar-refractivity contribution >= 4 is 15.9 Å². The minimum Gasteiger partial charge on any atom is -0.382 e. The van der Waals surface area contributed by atoms with Crippen LogP contribution in [0.1, 0.15) is 44.8 Å². The van der Waals surface area contributed by atoms with E-state index in [2.05, 4.69) is 28.0 Å². The Bertz CT molecular complexity index is 328. The summed E-state index contributed by atoms with van der Waals surface area (Å²) in [4.78, 5) is 0. The fourth-order valence-corrected chi connectivity index (χ4v) is 2.41. The Morgan fingerprint density at radius 3 is 2.94 bits per heavy atom. The van der Waals surface area contributed by atoms with Gasteiger partial charge in [0.25, 0.3) is 0 Å². The molecule has 5 heteroatoms. The maximum Gasteiger partial charge on any atom is 0.0693 e. The quantitative estimate of drug-likeness (QED) is 0.751. The van der Waals surface area contributed by atoms with E-state index in [-0.39, 0.29) is 6.04 Å². The summed E-state index contributed by atoms with van der Waals surface area (Å²) in [5.74, 6) is 0. The van der Waals surface area contributed by atoms with Crippen molar-refractivity contribution in [3.8, 4) is 0 Å². The van der Waals surface area contributed by atoms with Gasteiger partial charge in [-0.05, 0) is 42.1 Å². The van der Waals surface area contributed by atoms with Crippen molar-refractivity contribution in [2.45, 2.75) is 45.7 Å². The fraction of sp³-hybridized carbons (Fsp3) is 0.750. The van der Waals surface area contributed by atoms with Gasteiger partial charge in [0.1, 0.15) is 0 Å². The summed E-state index contributed by atoms with van der Waals surface area (Å²) in [6, 6.07) is 0.0267. The lowest BCUT2D eigenvalue weighted by Crippen LogP contribution is -2.17. The molecule has 0 aromatic carbocycles. The third-order valence-electron chi connectivity index (χ3n) is 2.63. The molecule has 0 radical (unpaired) electrons. The number of halogens is 1. The molecule has 0 amide bonds. The van der Waals surface area contributed by atoms with E-state index in [1.807, 2.05) is 17.8 Å². The first-order valence-corrected chi connectivity index (χ1v) is 7.04.